The summed E-state index contributed by atoms with van der Waals surface area (Å²) in [7, 11) is 1.57. The van der Waals surface area contributed by atoms with Crippen molar-refractivity contribution in [3.8, 4) is 22.8 Å². The van der Waals surface area contributed by atoms with Gasteiger partial charge in [0.25, 0.3) is 0 Å². The Morgan fingerprint density at radius 1 is 1.32 bits per heavy atom. The first-order valence-electron chi connectivity index (χ1n) is 9.37. The Kier molecular flexibility index (Phi) is 5.17. The van der Waals surface area contributed by atoms with Crippen molar-refractivity contribution in [1.29, 1.82) is 0 Å². The Hall–Kier alpha value is -2.31. The van der Waals surface area contributed by atoms with Crippen molar-refractivity contribution in [2.75, 3.05) is 20.3 Å². The van der Waals surface area contributed by atoms with E-state index in [-0.39, 0.29) is 17.6 Å². The fourth-order valence-electron chi connectivity index (χ4n) is 4.01. The molecule has 0 saturated carbocycles. The molecule has 148 valence electrons. The number of carbonyl (C=O) groups excluding carboxylic acids is 1. The van der Waals surface area contributed by atoms with E-state index in [0.29, 0.717) is 24.1 Å². The van der Waals surface area contributed by atoms with Gasteiger partial charge in [0, 0.05) is 43.4 Å². The molecule has 2 aromatic rings. The zero-order valence-electron chi connectivity index (χ0n) is 16.0. The number of methoxy groups -OCH3 is 1. The summed E-state index contributed by atoms with van der Waals surface area (Å²) in [6.45, 7) is 2.89. The Morgan fingerprint density at radius 3 is 2.82 bits per heavy atom. The number of rotatable bonds is 3. The molecule has 1 spiro atoms. The molecule has 2 aliphatic heterocycles. The fraction of sp³-hybridized carbons (Fsp3) is 0.429. The predicted octanol–water partition coefficient (Wildman–Crippen LogP) is 3.92. The van der Waals surface area contributed by atoms with Crippen LogP contribution in [0.15, 0.2) is 30.5 Å². The fourth-order valence-corrected chi connectivity index (χ4v) is 4.23. The maximum Gasteiger partial charge on any atom is 0.217 e. The lowest BCUT2D eigenvalue weighted by Crippen LogP contribution is -2.48. The molecule has 0 radical (unpaired) electrons. The van der Waals surface area contributed by atoms with Crippen molar-refractivity contribution in [2.24, 2.45) is 0 Å². The zero-order valence-corrected chi connectivity index (χ0v) is 16.7. The van der Waals surface area contributed by atoms with Crippen LogP contribution < -0.4 is 14.8 Å². The minimum atomic E-state index is -0.294. The Morgan fingerprint density at radius 2 is 2.11 bits per heavy atom. The summed E-state index contributed by atoms with van der Waals surface area (Å²) in [5, 5.41) is 3.63. The smallest absolute Gasteiger partial charge is 0.217 e. The molecule has 1 amide bonds. The number of nitrogens with one attached hydrogen (secondary N) is 1. The second-order valence-corrected chi connectivity index (χ2v) is 7.72. The van der Waals surface area contributed by atoms with Gasteiger partial charge in [0.15, 0.2) is 0 Å². The summed E-state index contributed by atoms with van der Waals surface area (Å²) in [4.78, 5) is 16.0. The molecule has 0 aliphatic carbocycles. The van der Waals surface area contributed by atoms with Crippen LogP contribution in [0.25, 0.3) is 11.1 Å². The van der Waals surface area contributed by atoms with Crippen LogP contribution in [0.3, 0.4) is 0 Å². The summed E-state index contributed by atoms with van der Waals surface area (Å²) in [5.74, 6) is 1.23. The molecular weight excluding hydrogens is 380 g/mol. The van der Waals surface area contributed by atoms with Crippen molar-refractivity contribution < 1.29 is 19.0 Å². The maximum atomic E-state index is 11.9. The van der Waals surface area contributed by atoms with Gasteiger partial charge in [-0.2, -0.15) is 0 Å². The van der Waals surface area contributed by atoms with Gasteiger partial charge in [0.1, 0.15) is 11.4 Å². The van der Waals surface area contributed by atoms with E-state index in [1.54, 1.807) is 26.3 Å². The normalized spacial score (nSPS) is 20.2. The van der Waals surface area contributed by atoms with Gasteiger partial charge in [0.05, 0.1) is 37.6 Å². The highest BCUT2D eigenvalue weighted by atomic mass is 35.5. The van der Waals surface area contributed by atoms with E-state index >= 15 is 0 Å². The van der Waals surface area contributed by atoms with E-state index in [1.165, 1.54) is 0 Å². The standard InChI is InChI=1S/C21H23ClN2O4/c1-13(25)24-18-11-21(5-7-27-8-6-21)28-19-4-3-14(9-16(18)19)15-10-20(26-2)23-12-17(15)22/h3-4,9-10,12,18H,5-8,11H2,1-2H3,(H,24,25). The van der Waals surface area contributed by atoms with Crippen LogP contribution in [0.2, 0.25) is 5.02 Å². The van der Waals surface area contributed by atoms with Crippen LogP contribution in [-0.4, -0.2) is 36.8 Å². The number of hydrogen-bond donors (Lipinski definition) is 1. The average molecular weight is 403 g/mol. The second-order valence-electron chi connectivity index (χ2n) is 7.31. The Balaban J connectivity index is 1.75. The van der Waals surface area contributed by atoms with E-state index in [4.69, 9.17) is 25.8 Å². The number of carbonyl (C=O) groups is 1. The van der Waals surface area contributed by atoms with Crippen molar-refractivity contribution in [3.05, 3.63) is 41.0 Å². The first kappa shape index (κ1) is 19.0. The number of hydrogen-bond acceptors (Lipinski definition) is 5. The molecule has 7 heteroatoms. The highest BCUT2D eigenvalue weighted by molar-refractivity contribution is 6.33. The van der Waals surface area contributed by atoms with Gasteiger partial charge in [-0.15, -0.1) is 0 Å². The highest BCUT2D eigenvalue weighted by Gasteiger charge is 2.42. The molecule has 1 N–H and O–H groups in total. The van der Waals surface area contributed by atoms with Crippen molar-refractivity contribution in [3.63, 3.8) is 0 Å². The lowest BCUT2D eigenvalue weighted by atomic mass is 9.81. The monoisotopic (exact) mass is 402 g/mol. The summed E-state index contributed by atoms with van der Waals surface area (Å²) in [6, 6.07) is 7.65. The lowest BCUT2D eigenvalue weighted by Gasteiger charge is -2.44. The highest BCUT2D eigenvalue weighted by Crippen LogP contribution is 2.45. The molecule has 1 saturated heterocycles. The third-order valence-corrected chi connectivity index (χ3v) is 5.72. The largest absolute Gasteiger partial charge is 0.487 e. The topological polar surface area (TPSA) is 69.7 Å². The van der Waals surface area contributed by atoms with Crippen LogP contribution in [0.4, 0.5) is 0 Å². The van der Waals surface area contributed by atoms with Crippen molar-refractivity contribution in [1.82, 2.24) is 10.3 Å². The van der Waals surface area contributed by atoms with E-state index < -0.39 is 0 Å². The molecule has 6 nitrogen and oxygen atoms in total. The van der Waals surface area contributed by atoms with E-state index in [0.717, 1.165) is 41.7 Å². The number of fused-ring (bicyclic) bond motifs is 1. The van der Waals surface area contributed by atoms with Gasteiger partial charge in [-0.3, -0.25) is 4.79 Å². The van der Waals surface area contributed by atoms with Crippen LogP contribution in [0, 0.1) is 0 Å². The van der Waals surface area contributed by atoms with Crippen LogP contribution in [0.1, 0.15) is 37.8 Å². The minimum absolute atomic E-state index is 0.0610. The summed E-state index contributed by atoms with van der Waals surface area (Å²) < 4.78 is 17.2. The quantitative estimate of drug-likeness (QED) is 0.842. The van der Waals surface area contributed by atoms with Gasteiger partial charge in [0.2, 0.25) is 11.8 Å². The second kappa shape index (κ2) is 7.60. The third kappa shape index (κ3) is 3.66. The van der Waals surface area contributed by atoms with Gasteiger partial charge < -0.3 is 19.5 Å². The number of nitrogens with zero attached hydrogens (tertiary/aromatic N) is 1. The number of benzene rings is 1. The summed E-state index contributed by atoms with van der Waals surface area (Å²) in [6.07, 6.45) is 3.93. The molecule has 3 heterocycles. The number of ether oxygens (including phenoxy) is 3. The van der Waals surface area contributed by atoms with Crippen molar-refractivity contribution in [2.45, 2.75) is 37.8 Å². The molecule has 1 unspecified atom stereocenters. The predicted molar refractivity (Wildman–Crippen MR) is 106 cm³/mol. The lowest BCUT2D eigenvalue weighted by molar-refractivity contribution is -0.121. The van der Waals surface area contributed by atoms with Crippen molar-refractivity contribution >= 4 is 17.5 Å². The SMILES string of the molecule is COc1cc(-c2ccc3c(c2)C(NC(C)=O)CC2(CCOCC2)O3)c(Cl)cn1. The van der Waals surface area contributed by atoms with Gasteiger partial charge >= 0.3 is 0 Å². The van der Waals surface area contributed by atoms with Gasteiger partial charge in [-0.25, -0.2) is 4.98 Å². The van der Waals surface area contributed by atoms with E-state index in [9.17, 15) is 4.79 Å². The molecule has 28 heavy (non-hydrogen) atoms. The summed E-state index contributed by atoms with van der Waals surface area (Å²) >= 11 is 6.38. The first-order valence-corrected chi connectivity index (χ1v) is 9.75. The molecule has 0 bridgehead atoms. The van der Waals surface area contributed by atoms with Gasteiger partial charge in [-0.05, 0) is 17.7 Å². The molecular formula is C21H23ClN2O4. The number of amides is 1. The van der Waals surface area contributed by atoms with Crippen LogP contribution in [-0.2, 0) is 9.53 Å². The minimum Gasteiger partial charge on any atom is -0.487 e. The molecule has 1 aromatic carbocycles. The third-order valence-electron chi connectivity index (χ3n) is 5.42. The molecule has 1 atom stereocenters. The molecule has 2 aliphatic rings. The van der Waals surface area contributed by atoms with E-state index in [2.05, 4.69) is 10.3 Å². The number of aromatic nitrogens is 1. The Labute approximate surface area is 169 Å². The number of halogens is 1. The zero-order chi connectivity index (χ0) is 19.7. The molecule has 1 aromatic heterocycles. The van der Waals surface area contributed by atoms with Gasteiger partial charge in [-0.1, -0.05) is 17.7 Å². The van der Waals surface area contributed by atoms with Crippen LogP contribution in [0.5, 0.6) is 11.6 Å². The molecule has 1 fully saturated rings. The first-order chi connectivity index (χ1) is 13.5. The average Bonchev–Trinajstić information content (AvgIpc) is 2.68. The summed E-state index contributed by atoms with van der Waals surface area (Å²) in [5.41, 5.74) is 2.41. The maximum absolute atomic E-state index is 11.9. The van der Waals surface area contributed by atoms with E-state index in [1.807, 2.05) is 18.2 Å². The molecule has 4 rings (SSSR count). The number of pyridine rings is 1. The van der Waals surface area contributed by atoms with Crippen LogP contribution >= 0.6 is 11.6 Å². The Bertz CT molecular complexity index is 896.